The van der Waals surface area contributed by atoms with E-state index in [0.29, 0.717) is 5.96 Å². The number of guanidine groups is 2. The van der Waals surface area contributed by atoms with Crippen LogP contribution in [0.15, 0.2) is 38.7 Å². The van der Waals surface area contributed by atoms with Gasteiger partial charge in [0.05, 0.1) is 0 Å². The normalized spacial score (nSPS) is 27.9. The molecule has 7 heteroatoms. The molecule has 4 N–H and O–H groups in total. The summed E-state index contributed by atoms with van der Waals surface area (Å²) in [5.41, 5.74) is 12.7. The zero-order chi connectivity index (χ0) is 15.0. The fraction of sp³-hybridized carbons (Fsp3) is 0.467. The van der Waals surface area contributed by atoms with Gasteiger partial charge in [-0.15, -0.1) is 12.4 Å². The van der Waals surface area contributed by atoms with E-state index in [2.05, 4.69) is 32.8 Å². The first-order valence-corrected chi connectivity index (χ1v) is 8.05. The number of hydrogen-bond acceptors (Lipinski definition) is 5. The van der Waals surface area contributed by atoms with Gasteiger partial charge in [0.2, 0.25) is 11.9 Å². The molecule has 0 bridgehead atoms. The number of rotatable bonds is 1. The van der Waals surface area contributed by atoms with Crippen LogP contribution in [-0.4, -0.2) is 17.6 Å². The molecule has 0 atom stereocenters. The lowest BCUT2D eigenvalue weighted by atomic mass is 9.81. The molecule has 1 fully saturated rings. The van der Waals surface area contributed by atoms with Crippen molar-refractivity contribution >= 4 is 45.9 Å². The minimum absolute atomic E-state index is 0. The van der Waals surface area contributed by atoms with Crippen LogP contribution in [0.3, 0.4) is 0 Å². The highest BCUT2D eigenvalue weighted by Crippen LogP contribution is 2.41. The van der Waals surface area contributed by atoms with Crippen molar-refractivity contribution in [3.63, 3.8) is 0 Å². The maximum atomic E-state index is 6.18. The first-order valence-electron chi connectivity index (χ1n) is 7.25. The predicted molar refractivity (Wildman–Crippen MR) is 97.5 cm³/mol. The smallest absolute Gasteiger partial charge is 0.220 e. The number of halogens is 2. The minimum atomic E-state index is -0.379. The number of nitrogens with two attached hydrogens (primary N) is 2. The molecule has 1 aliphatic carbocycles. The molecular weight excluding hydrogens is 366 g/mol. The Morgan fingerprint density at radius 2 is 1.77 bits per heavy atom. The summed E-state index contributed by atoms with van der Waals surface area (Å²) in [4.78, 5) is 10.9. The number of nitrogens with zero attached hydrogens (tertiary/aromatic N) is 3. The van der Waals surface area contributed by atoms with Gasteiger partial charge in [-0.25, -0.2) is 4.99 Å². The summed E-state index contributed by atoms with van der Waals surface area (Å²) in [6.45, 7) is 2.28. The van der Waals surface area contributed by atoms with Crippen LogP contribution in [0, 0.1) is 5.92 Å². The zero-order valence-electron chi connectivity index (χ0n) is 12.5. The molecule has 0 unspecified atom stereocenters. The molecule has 0 saturated heterocycles. The van der Waals surface area contributed by atoms with Gasteiger partial charge >= 0.3 is 0 Å². The quantitative estimate of drug-likeness (QED) is 0.777. The van der Waals surface area contributed by atoms with E-state index >= 15 is 0 Å². The van der Waals surface area contributed by atoms with Gasteiger partial charge in [0, 0.05) is 10.2 Å². The lowest BCUT2D eigenvalue weighted by molar-refractivity contribution is 0.252. The molecule has 5 nitrogen and oxygen atoms in total. The van der Waals surface area contributed by atoms with E-state index in [1.807, 2.05) is 29.2 Å². The third-order valence-electron chi connectivity index (χ3n) is 4.36. The Balaban J connectivity index is 0.00000176. The Kier molecular flexibility index (Phi) is 5.02. The minimum Gasteiger partial charge on any atom is -0.369 e. The fourth-order valence-electron chi connectivity index (χ4n) is 3.19. The Morgan fingerprint density at radius 3 is 2.36 bits per heavy atom. The van der Waals surface area contributed by atoms with Crippen molar-refractivity contribution in [1.82, 2.24) is 0 Å². The lowest BCUT2D eigenvalue weighted by Crippen LogP contribution is -2.58. The molecule has 0 amide bonds. The van der Waals surface area contributed by atoms with Gasteiger partial charge in [-0.2, -0.15) is 4.99 Å². The van der Waals surface area contributed by atoms with Crippen molar-refractivity contribution in [2.75, 3.05) is 4.90 Å². The molecule has 2 aliphatic rings. The van der Waals surface area contributed by atoms with E-state index in [1.165, 1.54) is 0 Å². The molecular formula is C15H21BrClN5. The van der Waals surface area contributed by atoms with Crippen LogP contribution in [0.2, 0.25) is 0 Å². The summed E-state index contributed by atoms with van der Waals surface area (Å²) in [7, 11) is 0. The van der Waals surface area contributed by atoms with Gasteiger partial charge in [0.1, 0.15) is 5.66 Å². The van der Waals surface area contributed by atoms with Gasteiger partial charge in [-0.05, 0) is 55.9 Å². The highest BCUT2D eigenvalue weighted by molar-refractivity contribution is 9.10. The molecule has 3 rings (SSSR count). The third-order valence-corrected chi connectivity index (χ3v) is 4.89. The van der Waals surface area contributed by atoms with Crippen molar-refractivity contribution in [3.05, 3.63) is 28.7 Å². The maximum Gasteiger partial charge on any atom is 0.220 e. The second kappa shape index (κ2) is 6.46. The molecule has 120 valence electrons. The van der Waals surface area contributed by atoms with E-state index in [4.69, 9.17) is 11.5 Å². The van der Waals surface area contributed by atoms with Crippen molar-refractivity contribution in [2.45, 2.75) is 38.3 Å². The topological polar surface area (TPSA) is 80.0 Å². The van der Waals surface area contributed by atoms with Gasteiger partial charge in [0.15, 0.2) is 0 Å². The molecule has 1 aliphatic heterocycles. The van der Waals surface area contributed by atoms with Crippen LogP contribution in [-0.2, 0) is 0 Å². The van der Waals surface area contributed by atoms with Crippen LogP contribution in [0.4, 0.5) is 5.69 Å². The van der Waals surface area contributed by atoms with Gasteiger partial charge in [-0.1, -0.05) is 22.9 Å². The van der Waals surface area contributed by atoms with E-state index in [9.17, 15) is 0 Å². The molecule has 1 aromatic rings. The van der Waals surface area contributed by atoms with E-state index < -0.39 is 0 Å². The van der Waals surface area contributed by atoms with Crippen molar-refractivity contribution in [1.29, 1.82) is 0 Å². The van der Waals surface area contributed by atoms with Crippen molar-refractivity contribution in [2.24, 2.45) is 27.4 Å². The van der Waals surface area contributed by atoms with E-state index in [1.54, 1.807) is 0 Å². The SMILES string of the molecule is CC1CCC2(CC1)N=C(N)N=C(N)N2c1ccc(Br)cc1.Cl. The van der Waals surface area contributed by atoms with Gasteiger partial charge in [0.25, 0.3) is 0 Å². The number of anilines is 1. The summed E-state index contributed by atoms with van der Waals surface area (Å²) in [5, 5.41) is 0. The number of hydrogen-bond donors (Lipinski definition) is 2. The highest BCUT2D eigenvalue weighted by Gasteiger charge is 2.43. The Morgan fingerprint density at radius 1 is 1.18 bits per heavy atom. The molecule has 0 radical (unpaired) electrons. The second-order valence-electron chi connectivity index (χ2n) is 5.92. The third kappa shape index (κ3) is 3.08. The summed E-state index contributed by atoms with van der Waals surface area (Å²) in [6, 6.07) is 8.07. The van der Waals surface area contributed by atoms with E-state index in [0.717, 1.165) is 41.8 Å². The summed E-state index contributed by atoms with van der Waals surface area (Å²) < 4.78 is 1.04. The largest absolute Gasteiger partial charge is 0.369 e. The van der Waals surface area contributed by atoms with Crippen LogP contribution in [0.1, 0.15) is 32.6 Å². The standard InChI is InChI=1S/C15H20BrN5.ClH/c1-10-6-8-15(9-7-10)20-13(17)19-14(18)21(15)12-4-2-11(16)3-5-12;/h2-5,10H,6-9H2,1H3,(H4,17,18,19,20);1H. The summed E-state index contributed by atoms with van der Waals surface area (Å²) in [5.74, 6) is 1.44. The second-order valence-corrected chi connectivity index (χ2v) is 6.83. The molecule has 22 heavy (non-hydrogen) atoms. The Labute approximate surface area is 145 Å². The lowest BCUT2D eigenvalue weighted by Gasteiger charge is -2.46. The predicted octanol–water partition coefficient (Wildman–Crippen LogP) is 3.23. The molecule has 0 aromatic heterocycles. The number of benzene rings is 1. The first-order chi connectivity index (χ1) is 10.00. The van der Waals surface area contributed by atoms with Crippen LogP contribution < -0.4 is 16.4 Å². The molecule has 1 aromatic carbocycles. The number of aliphatic imine (C=N–C) groups is 2. The summed E-state index contributed by atoms with van der Waals surface area (Å²) >= 11 is 3.46. The molecule has 1 saturated carbocycles. The van der Waals surface area contributed by atoms with Crippen LogP contribution >= 0.6 is 28.3 Å². The average Bonchev–Trinajstić information content (AvgIpc) is 2.44. The average molecular weight is 387 g/mol. The highest BCUT2D eigenvalue weighted by atomic mass is 79.9. The van der Waals surface area contributed by atoms with E-state index in [-0.39, 0.29) is 24.0 Å². The monoisotopic (exact) mass is 385 g/mol. The molecule has 1 heterocycles. The fourth-order valence-corrected chi connectivity index (χ4v) is 3.46. The van der Waals surface area contributed by atoms with Crippen LogP contribution in [0.5, 0.6) is 0 Å². The summed E-state index contributed by atoms with van der Waals surface area (Å²) in [6.07, 6.45) is 4.14. The Hall–Kier alpha value is -1.27. The van der Waals surface area contributed by atoms with Crippen molar-refractivity contribution in [3.8, 4) is 0 Å². The van der Waals surface area contributed by atoms with Crippen LogP contribution in [0.25, 0.3) is 0 Å². The van der Waals surface area contributed by atoms with Gasteiger partial charge in [-0.3, -0.25) is 4.90 Å². The van der Waals surface area contributed by atoms with Gasteiger partial charge < -0.3 is 11.5 Å². The maximum absolute atomic E-state index is 6.18. The first kappa shape index (κ1) is 17.1. The molecule has 1 spiro atoms. The zero-order valence-corrected chi connectivity index (χ0v) is 14.9. The van der Waals surface area contributed by atoms with Crippen molar-refractivity contribution < 1.29 is 0 Å². The Bertz CT molecular complexity index is 590.